The van der Waals surface area contributed by atoms with Crippen LogP contribution in [0.5, 0.6) is 0 Å². The Balaban J connectivity index is 2.85. The number of hydrogen-bond donors (Lipinski definition) is 0. The van der Waals surface area contributed by atoms with Crippen molar-refractivity contribution < 1.29 is 18.9 Å². The topological polar surface area (TPSA) is 36.9 Å². The van der Waals surface area contributed by atoms with Crippen LogP contribution < -0.4 is 0 Å². The van der Waals surface area contributed by atoms with Crippen LogP contribution >= 0.6 is 15.9 Å². The van der Waals surface area contributed by atoms with Gasteiger partial charge in [0.15, 0.2) is 0 Å². The molecular weight excluding hydrogens is 252 g/mol. The van der Waals surface area contributed by atoms with Crippen molar-refractivity contribution in [1.29, 1.82) is 0 Å². The van der Waals surface area contributed by atoms with Crippen LogP contribution in [-0.2, 0) is 18.9 Å². The molecule has 0 N–H and O–H groups in total. The van der Waals surface area contributed by atoms with Gasteiger partial charge in [-0.1, -0.05) is 15.9 Å². The van der Waals surface area contributed by atoms with Crippen LogP contribution in [0, 0.1) is 0 Å². The van der Waals surface area contributed by atoms with Gasteiger partial charge in [-0.05, 0) is 6.92 Å². The number of hydrogen-bond acceptors (Lipinski definition) is 4. The average molecular weight is 271 g/mol. The van der Waals surface area contributed by atoms with E-state index < -0.39 is 0 Å². The molecular formula is C9H19BrO4. The Morgan fingerprint density at radius 2 is 1.43 bits per heavy atom. The molecule has 0 saturated carbocycles. The summed E-state index contributed by atoms with van der Waals surface area (Å²) in [4.78, 5) is 0. The van der Waals surface area contributed by atoms with Crippen LogP contribution in [0.2, 0.25) is 0 Å². The van der Waals surface area contributed by atoms with Crippen LogP contribution in [-0.4, -0.2) is 51.8 Å². The first-order valence-corrected chi connectivity index (χ1v) is 5.59. The van der Waals surface area contributed by atoms with Gasteiger partial charge in [-0.2, -0.15) is 0 Å². The van der Waals surface area contributed by atoms with Crippen molar-refractivity contribution >= 4 is 15.9 Å². The highest BCUT2D eigenvalue weighted by atomic mass is 79.9. The second kappa shape index (κ2) is 11.4. The lowest BCUT2D eigenvalue weighted by Crippen LogP contribution is -2.12. The summed E-state index contributed by atoms with van der Waals surface area (Å²) in [7, 11) is 1.65. The quantitative estimate of drug-likeness (QED) is 0.445. The van der Waals surface area contributed by atoms with Crippen molar-refractivity contribution in [3.63, 3.8) is 0 Å². The second-order valence-corrected chi connectivity index (χ2v) is 3.92. The summed E-state index contributed by atoms with van der Waals surface area (Å²) in [6.07, 6.45) is 0. The van der Waals surface area contributed by atoms with Gasteiger partial charge < -0.3 is 18.9 Å². The molecule has 14 heavy (non-hydrogen) atoms. The maximum absolute atomic E-state index is 5.25. The van der Waals surface area contributed by atoms with E-state index in [1.54, 1.807) is 7.11 Å². The van der Waals surface area contributed by atoms with E-state index in [1.165, 1.54) is 0 Å². The highest BCUT2D eigenvalue weighted by Crippen LogP contribution is 1.97. The summed E-state index contributed by atoms with van der Waals surface area (Å²) >= 11 is 3.27. The molecule has 0 aliphatic rings. The molecule has 0 spiro atoms. The number of rotatable bonds is 10. The molecule has 4 nitrogen and oxygen atoms in total. The molecule has 1 atom stereocenters. The zero-order valence-electron chi connectivity index (χ0n) is 8.83. The van der Waals surface area contributed by atoms with Gasteiger partial charge in [0.25, 0.3) is 0 Å². The van der Waals surface area contributed by atoms with E-state index in [9.17, 15) is 0 Å². The third-order valence-electron chi connectivity index (χ3n) is 1.38. The first-order valence-electron chi connectivity index (χ1n) is 4.67. The number of halogens is 1. The lowest BCUT2D eigenvalue weighted by atomic mass is 10.7. The van der Waals surface area contributed by atoms with Gasteiger partial charge in [-0.3, -0.25) is 0 Å². The maximum Gasteiger partial charge on any atom is 0.109 e. The molecule has 0 aromatic rings. The van der Waals surface area contributed by atoms with E-state index in [1.807, 2.05) is 6.92 Å². The molecule has 0 radical (unpaired) electrons. The first-order chi connectivity index (χ1) is 6.77. The zero-order chi connectivity index (χ0) is 10.6. The van der Waals surface area contributed by atoms with Gasteiger partial charge in [0.2, 0.25) is 0 Å². The Labute approximate surface area is 94.0 Å². The fourth-order valence-electron chi connectivity index (χ4n) is 0.734. The van der Waals surface area contributed by atoms with Crippen LogP contribution in [0.15, 0.2) is 0 Å². The van der Waals surface area contributed by atoms with E-state index in [0.717, 1.165) is 0 Å². The zero-order valence-corrected chi connectivity index (χ0v) is 10.4. The number of methoxy groups -OCH3 is 1. The molecule has 5 heteroatoms. The molecule has 0 fully saturated rings. The minimum Gasteiger partial charge on any atom is -0.382 e. The van der Waals surface area contributed by atoms with Crippen molar-refractivity contribution in [3.8, 4) is 0 Å². The summed E-state index contributed by atoms with van der Waals surface area (Å²) < 4.78 is 20.5. The smallest absolute Gasteiger partial charge is 0.109 e. The monoisotopic (exact) mass is 270 g/mol. The normalized spacial score (nSPS) is 13.1. The van der Waals surface area contributed by atoms with Crippen molar-refractivity contribution in [3.05, 3.63) is 0 Å². The highest BCUT2D eigenvalue weighted by Gasteiger charge is 1.94. The molecule has 0 aliphatic heterocycles. The Bertz CT molecular complexity index is 111. The van der Waals surface area contributed by atoms with E-state index in [0.29, 0.717) is 39.6 Å². The minimum atomic E-state index is 0.0871. The summed E-state index contributed by atoms with van der Waals surface area (Å²) in [6, 6.07) is 0. The second-order valence-electron chi connectivity index (χ2n) is 2.63. The standard InChI is InChI=1S/C9H19BrO4/c1-9(10)14-8-7-13-6-5-12-4-3-11-2/h9H,3-8H2,1-2H3/t9-/m1/s1. The van der Waals surface area contributed by atoms with Crippen molar-refractivity contribution in [2.45, 2.75) is 11.9 Å². The number of ether oxygens (including phenoxy) is 4. The molecule has 0 bridgehead atoms. The maximum atomic E-state index is 5.25. The fourth-order valence-corrected chi connectivity index (χ4v) is 0.921. The van der Waals surface area contributed by atoms with Gasteiger partial charge in [0.1, 0.15) is 5.01 Å². The van der Waals surface area contributed by atoms with E-state index in [-0.39, 0.29) is 5.01 Å². The summed E-state index contributed by atoms with van der Waals surface area (Å²) in [5.41, 5.74) is 0. The average Bonchev–Trinajstić information content (AvgIpc) is 2.15. The lowest BCUT2D eigenvalue weighted by Gasteiger charge is -2.07. The fraction of sp³-hybridized carbons (Fsp3) is 1.00. The Morgan fingerprint density at radius 3 is 1.93 bits per heavy atom. The van der Waals surface area contributed by atoms with Gasteiger partial charge >= 0.3 is 0 Å². The minimum absolute atomic E-state index is 0.0871. The molecule has 86 valence electrons. The SMILES string of the molecule is COCCOCCOCCO[C@H](C)Br. The predicted octanol–water partition coefficient (Wildman–Crippen LogP) is 1.42. The Kier molecular flexibility index (Phi) is 11.7. The van der Waals surface area contributed by atoms with Crippen LogP contribution in [0.4, 0.5) is 0 Å². The van der Waals surface area contributed by atoms with Gasteiger partial charge in [-0.15, -0.1) is 0 Å². The Morgan fingerprint density at radius 1 is 0.929 bits per heavy atom. The van der Waals surface area contributed by atoms with Crippen LogP contribution in [0.3, 0.4) is 0 Å². The first kappa shape index (κ1) is 14.3. The molecule has 0 unspecified atom stereocenters. The summed E-state index contributed by atoms with van der Waals surface area (Å²) in [5, 5.41) is 0.0871. The third-order valence-corrected chi connectivity index (χ3v) is 1.64. The van der Waals surface area contributed by atoms with E-state index >= 15 is 0 Å². The number of alkyl halides is 1. The van der Waals surface area contributed by atoms with E-state index in [2.05, 4.69) is 15.9 Å². The Hall–Kier alpha value is 0.320. The van der Waals surface area contributed by atoms with Gasteiger partial charge in [-0.25, -0.2) is 0 Å². The van der Waals surface area contributed by atoms with Crippen molar-refractivity contribution in [2.75, 3.05) is 46.8 Å². The van der Waals surface area contributed by atoms with Crippen LogP contribution in [0.25, 0.3) is 0 Å². The molecule has 0 amide bonds. The molecule has 0 aromatic heterocycles. The third kappa shape index (κ3) is 12.3. The van der Waals surface area contributed by atoms with Crippen LogP contribution in [0.1, 0.15) is 6.92 Å². The predicted molar refractivity (Wildman–Crippen MR) is 57.9 cm³/mol. The lowest BCUT2D eigenvalue weighted by molar-refractivity contribution is 0.00240. The van der Waals surface area contributed by atoms with E-state index in [4.69, 9.17) is 18.9 Å². The molecule has 0 aliphatic carbocycles. The molecule has 0 saturated heterocycles. The largest absolute Gasteiger partial charge is 0.382 e. The van der Waals surface area contributed by atoms with Gasteiger partial charge in [0, 0.05) is 7.11 Å². The summed E-state index contributed by atoms with van der Waals surface area (Å²) in [6.45, 7) is 5.58. The molecule has 0 rings (SSSR count). The van der Waals surface area contributed by atoms with Gasteiger partial charge in [0.05, 0.1) is 39.6 Å². The molecule has 0 heterocycles. The molecule has 0 aromatic carbocycles. The van der Waals surface area contributed by atoms with Crippen molar-refractivity contribution in [2.24, 2.45) is 0 Å². The highest BCUT2D eigenvalue weighted by molar-refractivity contribution is 9.09. The van der Waals surface area contributed by atoms with Crippen molar-refractivity contribution in [1.82, 2.24) is 0 Å². The summed E-state index contributed by atoms with van der Waals surface area (Å²) in [5.74, 6) is 0.